The topological polar surface area (TPSA) is 64.1 Å². The summed E-state index contributed by atoms with van der Waals surface area (Å²) in [6, 6.07) is 12.3. The minimum atomic E-state index is -0.168. The number of aryl methyl sites for hydroxylation is 2. The molecule has 5 nitrogen and oxygen atoms in total. The molecule has 1 aliphatic heterocycles. The zero-order chi connectivity index (χ0) is 19.5. The molecular formula is C22H29N3O2. The number of amides is 1. The van der Waals surface area contributed by atoms with E-state index in [1.807, 2.05) is 13.0 Å². The van der Waals surface area contributed by atoms with Gasteiger partial charge in [-0.15, -0.1) is 0 Å². The van der Waals surface area contributed by atoms with Gasteiger partial charge in [0.2, 0.25) is 0 Å². The second-order valence-corrected chi connectivity index (χ2v) is 8.13. The molecule has 2 heterocycles. The van der Waals surface area contributed by atoms with Crippen molar-refractivity contribution in [3.8, 4) is 0 Å². The summed E-state index contributed by atoms with van der Waals surface area (Å²) in [5, 5.41) is 3.05. The fraction of sp³-hybridized carbons (Fsp3) is 0.500. The number of benzene rings is 1. The average molecular weight is 367 g/mol. The van der Waals surface area contributed by atoms with Crippen molar-refractivity contribution < 1.29 is 9.53 Å². The van der Waals surface area contributed by atoms with Crippen molar-refractivity contribution in [2.75, 3.05) is 13.2 Å². The molecule has 27 heavy (non-hydrogen) atoms. The highest BCUT2D eigenvalue weighted by Gasteiger charge is 2.41. The Morgan fingerprint density at radius 2 is 1.93 bits per heavy atom. The van der Waals surface area contributed by atoms with Gasteiger partial charge in [-0.3, -0.25) is 4.79 Å². The summed E-state index contributed by atoms with van der Waals surface area (Å²) in [6.07, 6.45) is 2.77. The SMILES string of the molecule is Cc1cc(C(=O)NCCC2(c3ccccc3)CCOC(C)(C)C2)nc(C)n1. The molecule has 1 aromatic carbocycles. The van der Waals surface area contributed by atoms with Gasteiger partial charge >= 0.3 is 0 Å². The first-order valence-corrected chi connectivity index (χ1v) is 9.60. The number of aromatic nitrogens is 2. The lowest BCUT2D eigenvalue weighted by molar-refractivity contribution is -0.0838. The van der Waals surface area contributed by atoms with Gasteiger partial charge in [-0.25, -0.2) is 9.97 Å². The molecule has 0 aliphatic carbocycles. The first kappa shape index (κ1) is 19.5. The zero-order valence-electron chi connectivity index (χ0n) is 16.7. The standard InChI is InChI=1S/C22H29N3O2/c1-16-14-19(25-17(2)24-16)20(26)23-12-10-22(18-8-6-5-7-9-18)11-13-27-21(3,4)15-22/h5-9,14H,10-13,15H2,1-4H3,(H,23,26). The molecule has 1 N–H and O–H groups in total. The van der Waals surface area contributed by atoms with Crippen LogP contribution in [-0.4, -0.2) is 34.6 Å². The molecule has 3 rings (SSSR count). The van der Waals surface area contributed by atoms with Crippen molar-refractivity contribution in [3.63, 3.8) is 0 Å². The van der Waals surface area contributed by atoms with Gasteiger partial charge in [0.1, 0.15) is 11.5 Å². The Morgan fingerprint density at radius 1 is 1.19 bits per heavy atom. The van der Waals surface area contributed by atoms with E-state index in [1.165, 1.54) is 5.56 Å². The van der Waals surface area contributed by atoms with Crippen molar-refractivity contribution in [3.05, 3.63) is 59.2 Å². The molecule has 1 unspecified atom stereocenters. The third kappa shape index (κ3) is 4.72. The highest BCUT2D eigenvalue weighted by Crippen LogP contribution is 2.43. The van der Waals surface area contributed by atoms with Crippen LogP contribution in [0, 0.1) is 13.8 Å². The van der Waals surface area contributed by atoms with Crippen LogP contribution in [0.2, 0.25) is 0 Å². The van der Waals surface area contributed by atoms with Gasteiger partial charge in [0, 0.05) is 24.3 Å². The minimum Gasteiger partial charge on any atom is -0.376 e. The molecule has 1 fully saturated rings. The van der Waals surface area contributed by atoms with Gasteiger partial charge in [-0.1, -0.05) is 30.3 Å². The number of hydrogen-bond donors (Lipinski definition) is 1. The fourth-order valence-electron chi connectivity index (χ4n) is 4.21. The summed E-state index contributed by atoms with van der Waals surface area (Å²) in [6.45, 7) is 9.31. The molecule has 1 aliphatic rings. The van der Waals surface area contributed by atoms with E-state index in [0.717, 1.165) is 31.6 Å². The van der Waals surface area contributed by atoms with E-state index in [9.17, 15) is 4.79 Å². The zero-order valence-corrected chi connectivity index (χ0v) is 16.7. The Morgan fingerprint density at radius 3 is 2.59 bits per heavy atom. The normalized spacial score (nSPS) is 21.6. The van der Waals surface area contributed by atoms with Crippen molar-refractivity contribution in [1.82, 2.24) is 15.3 Å². The monoisotopic (exact) mass is 367 g/mol. The second-order valence-electron chi connectivity index (χ2n) is 8.13. The van der Waals surface area contributed by atoms with Crippen LogP contribution in [0.4, 0.5) is 0 Å². The Hall–Kier alpha value is -2.27. The average Bonchev–Trinajstić information content (AvgIpc) is 2.61. The predicted molar refractivity (Wildman–Crippen MR) is 106 cm³/mol. The van der Waals surface area contributed by atoms with Crippen molar-refractivity contribution in [1.29, 1.82) is 0 Å². The highest BCUT2D eigenvalue weighted by atomic mass is 16.5. The van der Waals surface area contributed by atoms with Gasteiger partial charge in [-0.2, -0.15) is 0 Å². The molecule has 1 saturated heterocycles. The van der Waals surface area contributed by atoms with E-state index in [0.29, 0.717) is 18.1 Å². The van der Waals surface area contributed by atoms with Crippen LogP contribution in [-0.2, 0) is 10.2 Å². The van der Waals surface area contributed by atoms with Crippen molar-refractivity contribution in [2.24, 2.45) is 0 Å². The number of carbonyl (C=O) groups excluding carboxylic acids is 1. The van der Waals surface area contributed by atoms with Crippen LogP contribution in [0.15, 0.2) is 36.4 Å². The molecule has 0 spiro atoms. The predicted octanol–water partition coefficient (Wildman–Crippen LogP) is 3.74. The number of carbonyl (C=O) groups is 1. The largest absolute Gasteiger partial charge is 0.376 e. The van der Waals surface area contributed by atoms with Gasteiger partial charge in [-0.05, 0) is 58.6 Å². The maximum atomic E-state index is 12.5. The summed E-state index contributed by atoms with van der Waals surface area (Å²) in [4.78, 5) is 21.0. The summed E-state index contributed by atoms with van der Waals surface area (Å²) >= 11 is 0. The maximum absolute atomic E-state index is 12.5. The van der Waals surface area contributed by atoms with E-state index < -0.39 is 0 Å². The fourth-order valence-corrected chi connectivity index (χ4v) is 4.21. The third-order valence-corrected chi connectivity index (χ3v) is 5.31. The third-order valence-electron chi connectivity index (χ3n) is 5.31. The van der Waals surface area contributed by atoms with Crippen LogP contribution in [0.25, 0.3) is 0 Å². The second kappa shape index (κ2) is 7.77. The number of rotatable bonds is 5. The van der Waals surface area contributed by atoms with E-state index in [4.69, 9.17) is 4.74 Å². The quantitative estimate of drug-likeness (QED) is 0.874. The molecule has 1 amide bonds. The lowest BCUT2D eigenvalue weighted by Crippen LogP contribution is -2.45. The molecular weight excluding hydrogens is 338 g/mol. The Bertz CT molecular complexity index is 784. The first-order chi connectivity index (χ1) is 12.8. The van der Waals surface area contributed by atoms with Crippen LogP contribution >= 0.6 is 0 Å². The molecule has 1 aromatic heterocycles. The summed E-state index contributed by atoms with van der Waals surface area (Å²) in [5.41, 5.74) is 2.40. The van der Waals surface area contributed by atoms with Crippen LogP contribution in [0.5, 0.6) is 0 Å². The smallest absolute Gasteiger partial charge is 0.270 e. The van der Waals surface area contributed by atoms with Gasteiger partial charge in [0.25, 0.3) is 5.91 Å². The number of nitrogens with one attached hydrogen (secondary N) is 1. The molecule has 144 valence electrons. The molecule has 5 heteroatoms. The van der Waals surface area contributed by atoms with E-state index >= 15 is 0 Å². The van der Waals surface area contributed by atoms with Gasteiger partial charge in [0.05, 0.1) is 5.60 Å². The lowest BCUT2D eigenvalue weighted by Gasteiger charge is -2.45. The van der Waals surface area contributed by atoms with Crippen LogP contribution in [0.3, 0.4) is 0 Å². The van der Waals surface area contributed by atoms with Gasteiger partial charge < -0.3 is 10.1 Å². The first-order valence-electron chi connectivity index (χ1n) is 9.60. The molecule has 1 atom stereocenters. The highest BCUT2D eigenvalue weighted by molar-refractivity contribution is 5.92. The number of ether oxygens (including phenoxy) is 1. The Balaban J connectivity index is 1.73. The van der Waals surface area contributed by atoms with Crippen LogP contribution in [0.1, 0.15) is 60.7 Å². The lowest BCUT2D eigenvalue weighted by atomic mass is 9.67. The number of hydrogen-bond acceptors (Lipinski definition) is 4. The summed E-state index contributed by atoms with van der Waals surface area (Å²) in [7, 11) is 0. The van der Waals surface area contributed by atoms with E-state index in [2.05, 4.69) is 53.4 Å². The maximum Gasteiger partial charge on any atom is 0.270 e. The Kier molecular flexibility index (Phi) is 5.61. The van der Waals surface area contributed by atoms with E-state index in [1.54, 1.807) is 13.0 Å². The molecule has 0 radical (unpaired) electrons. The van der Waals surface area contributed by atoms with Crippen molar-refractivity contribution >= 4 is 5.91 Å². The molecule has 2 aromatic rings. The molecule has 0 bridgehead atoms. The van der Waals surface area contributed by atoms with Gasteiger partial charge in [0.15, 0.2) is 0 Å². The summed E-state index contributed by atoms with van der Waals surface area (Å²) < 4.78 is 5.96. The number of nitrogens with zero attached hydrogens (tertiary/aromatic N) is 2. The molecule has 0 saturated carbocycles. The van der Waals surface area contributed by atoms with Crippen molar-refractivity contribution in [2.45, 2.75) is 58.0 Å². The minimum absolute atomic E-state index is 0.00773. The van der Waals surface area contributed by atoms with E-state index in [-0.39, 0.29) is 16.9 Å². The van der Waals surface area contributed by atoms with Crippen LogP contribution < -0.4 is 5.32 Å². The Labute approximate surface area is 161 Å². The summed E-state index contributed by atoms with van der Waals surface area (Å²) in [5.74, 6) is 0.477.